The molecule has 0 aromatic heterocycles. The van der Waals surface area contributed by atoms with Gasteiger partial charge in [-0.1, -0.05) is 0 Å². The molecule has 0 atom stereocenters. The van der Waals surface area contributed by atoms with E-state index >= 15 is 0 Å². The fourth-order valence-corrected chi connectivity index (χ4v) is 4.14. The fourth-order valence-electron chi connectivity index (χ4n) is 4.14. The van der Waals surface area contributed by atoms with Crippen LogP contribution in [0.4, 0.5) is 0 Å². The van der Waals surface area contributed by atoms with Gasteiger partial charge in [-0.25, -0.2) is 0 Å². The average Bonchev–Trinajstić information content (AvgIpc) is 1.99. The topological polar surface area (TPSA) is 20.2 Å². The van der Waals surface area contributed by atoms with Gasteiger partial charge in [-0.2, -0.15) is 0 Å². The summed E-state index contributed by atoms with van der Waals surface area (Å²) in [6, 6.07) is 0. The van der Waals surface area contributed by atoms with Crippen LogP contribution in [0.25, 0.3) is 0 Å². The van der Waals surface area contributed by atoms with Crippen LogP contribution in [0.15, 0.2) is 0 Å². The van der Waals surface area contributed by atoms with Crippen LogP contribution in [-0.2, 0) is 0 Å². The average molecular weight is 190 g/mol. The summed E-state index contributed by atoms with van der Waals surface area (Å²) >= 11 is 0. The van der Waals surface area contributed by atoms with Gasteiger partial charge in [0.25, 0.3) is 0 Å². The van der Waals surface area contributed by atoms with E-state index in [0.29, 0.717) is 11.8 Å². The van der Waals surface area contributed by atoms with Crippen molar-refractivity contribution in [3.63, 3.8) is 0 Å². The molecule has 1 nitrogen and oxygen atoms in total. The number of rotatable bonds is 0. The van der Waals surface area contributed by atoms with Gasteiger partial charge in [0, 0.05) is 0 Å². The van der Waals surface area contributed by atoms with Crippen molar-refractivity contribution in [2.45, 2.75) is 44.6 Å². The Kier molecular flexibility index (Phi) is 2.60. The van der Waals surface area contributed by atoms with E-state index in [1.807, 2.05) is 0 Å². The fraction of sp³-hybridized carbons (Fsp3) is 1.00. The molecule has 0 spiro atoms. The molecule has 0 radical (unpaired) electrons. The molecule has 0 unspecified atom stereocenters. The number of hydrogen-bond acceptors (Lipinski definition) is 1. The predicted molar refractivity (Wildman–Crippen MR) is 54.8 cm³/mol. The van der Waals surface area contributed by atoms with Crippen molar-refractivity contribution >= 4 is 29.6 Å². The molecular weight excluding hydrogens is 171 g/mol. The van der Waals surface area contributed by atoms with E-state index in [9.17, 15) is 5.11 Å². The summed E-state index contributed by atoms with van der Waals surface area (Å²) in [7, 11) is 0. The Labute approximate surface area is 103 Å². The minimum absolute atomic E-state index is 0. The van der Waals surface area contributed by atoms with Crippen LogP contribution < -0.4 is 0 Å². The quantitative estimate of drug-likeness (QED) is 0.574. The molecule has 0 aliphatic heterocycles. The molecule has 70 valence electrons. The van der Waals surface area contributed by atoms with Crippen LogP contribution in [0.5, 0.6) is 0 Å². The van der Waals surface area contributed by atoms with Gasteiger partial charge in [-0.05, 0) is 62.7 Å². The zero-order chi connectivity index (χ0) is 8.34. The Morgan fingerprint density at radius 1 is 0.923 bits per heavy atom. The third kappa shape index (κ3) is 1.43. The molecule has 0 amide bonds. The Morgan fingerprint density at radius 3 is 1.69 bits per heavy atom. The first-order valence-electron chi connectivity index (χ1n) is 5.38. The van der Waals surface area contributed by atoms with Crippen molar-refractivity contribution in [3.8, 4) is 0 Å². The van der Waals surface area contributed by atoms with Gasteiger partial charge in [0.15, 0.2) is 0 Å². The number of hydrogen-bond donors (Lipinski definition) is 1. The van der Waals surface area contributed by atoms with Gasteiger partial charge in [0.05, 0.1) is 5.60 Å². The summed E-state index contributed by atoms with van der Waals surface area (Å²) in [5.41, 5.74) is -0.298. The van der Waals surface area contributed by atoms with Gasteiger partial charge in [0.1, 0.15) is 0 Å². The maximum atomic E-state index is 10.3. The van der Waals surface area contributed by atoms with Crippen molar-refractivity contribution in [1.29, 1.82) is 0 Å². The molecule has 2 heteroatoms. The Bertz CT molecular complexity index is 182. The summed E-state index contributed by atoms with van der Waals surface area (Å²) in [5, 5.41) is 10.3. The predicted octanol–water partition coefficient (Wildman–Crippen LogP) is 1.54. The Morgan fingerprint density at radius 2 is 1.31 bits per heavy atom. The first-order chi connectivity index (χ1) is 5.66. The van der Waals surface area contributed by atoms with Crippen LogP contribution in [0.1, 0.15) is 39.0 Å². The monoisotopic (exact) mass is 190 g/mol. The van der Waals surface area contributed by atoms with Crippen molar-refractivity contribution < 1.29 is 5.11 Å². The zero-order valence-corrected chi connectivity index (χ0v) is 7.79. The summed E-state index contributed by atoms with van der Waals surface area (Å²) in [4.78, 5) is 0. The molecule has 1 N–H and O–H groups in total. The van der Waals surface area contributed by atoms with Crippen LogP contribution in [0.3, 0.4) is 0 Å². The molecule has 4 bridgehead atoms. The first-order valence-corrected chi connectivity index (χ1v) is 5.38. The normalized spacial score (nSPS) is 57.7. The second-order valence-electron chi connectivity index (χ2n) is 5.53. The van der Waals surface area contributed by atoms with Crippen LogP contribution in [0, 0.1) is 23.7 Å². The third-order valence-corrected chi connectivity index (χ3v) is 4.79. The molecule has 13 heavy (non-hydrogen) atoms. The maximum absolute atomic E-state index is 10.3. The molecule has 4 saturated carbocycles. The van der Waals surface area contributed by atoms with Crippen LogP contribution in [-0.4, -0.2) is 40.3 Å². The second kappa shape index (κ2) is 3.23. The van der Waals surface area contributed by atoms with Gasteiger partial charge in [-0.15, -0.1) is 0 Å². The van der Waals surface area contributed by atoms with E-state index in [4.69, 9.17) is 0 Å². The van der Waals surface area contributed by atoms with Crippen molar-refractivity contribution in [1.82, 2.24) is 0 Å². The van der Waals surface area contributed by atoms with Crippen molar-refractivity contribution in [2.75, 3.05) is 0 Å². The zero-order valence-electron chi connectivity index (χ0n) is 7.79. The van der Waals surface area contributed by atoms with Crippen molar-refractivity contribution in [3.05, 3.63) is 0 Å². The van der Waals surface area contributed by atoms with E-state index in [1.165, 1.54) is 32.1 Å². The summed E-state index contributed by atoms with van der Waals surface area (Å²) < 4.78 is 0. The molecule has 4 aliphatic carbocycles. The standard InChI is InChI=1S/C11H18O.Na.H/c1-11(12)9-3-7-2-8(5-9)6-10(11)4-7;;/h7-10,12H,2-6H2,1H3;;. The molecule has 0 aromatic carbocycles. The summed E-state index contributed by atoms with van der Waals surface area (Å²) in [6.07, 6.45) is 6.75. The molecule has 4 aliphatic rings. The van der Waals surface area contributed by atoms with Crippen molar-refractivity contribution in [2.24, 2.45) is 23.7 Å². The molecule has 4 fully saturated rings. The van der Waals surface area contributed by atoms with Gasteiger partial charge >= 0.3 is 29.6 Å². The van der Waals surface area contributed by atoms with Gasteiger partial charge in [-0.3, -0.25) is 0 Å². The minimum atomic E-state index is -0.298. The molecule has 0 heterocycles. The molecular formula is C11H19NaO. The molecule has 4 rings (SSSR count). The number of aliphatic hydroxyl groups is 1. The summed E-state index contributed by atoms with van der Waals surface area (Å²) in [5.74, 6) is 3.25. The van der Waals surface area contributed by atoms with Gasteiger partial charge in [0.2, 0.25) is 0 Å². The third-order valence-electron chi connectivity index (χ3n) is 4.79. The summed E-state index contributed by atoms with van der Waals surface area (Å²) in [6.45, 7) is 2.08. The molecule has 0 saturated heterocycles. The SMILES string of the molecule is CC1(O)C2CC3CC(C2)CC1C3.[NaH]. The van der Waals surface area contributed by atoms with Crippen LogP contribution in [0.2, 0.25) is 0 Å². The first kappa shape index (κ1) is 10.5. The van der Waals surface area contributed by atoms with Crippen LogP contribution >= 0.6 is 0 Å². The Hall–Kier alpha value is 0.960. The van der Waals surface area contributed by atoms with Gasteiger partial charge < -0.3 is 5.11 Å². The van der Waals surface area contributed by atoms with E-state index in [2.05, 4.69) is 6.92 Å². The van der Waals surface area contributed by atoms with E-state index in [-0.39, 0.29) is 35.2 Å². The molecule has 0 aromatic rings. The van der Waals surface area contributed by atoms with E-state index in [0.717, 1.165) is 11.8 Å². The van der Waals surface area contributed by atoms with E-state index in [1.54, 1.807) is 0 Å². The van der Waals surface area contributed by atoms with E-state index < -0.39 is 0 Å². The Balaban J connectivity index is 0.000000653. The second-order valence-corrected chi connectivity index (χ2v) is 5.53.